The van der Waals surface area contributed by atoms with Crippen LogP contribution in [0.1, 0.15) is 130 Å². The molecule has 2 unspecified atom stereocenters. The topological polar surface area (TPSA) is 85.0 Å². The molecule has 1 heterocycles. The highest BCUT2D eigenvalue weighted by Gasteiger charge is 2.43. The van der Waals surface area contributed by atoms with Crippen LogP contribution < -0.4 is 5.73 Å². The molecule has 2 fully saturated rings. The molecule has 1 aromatic carbocycles. The van der Waals surface area contributed by atoms with Crippen molar-refractivity contribution < 1.29 is 27.5 Å². The van der Waals surface area contributed by atoms with Gasteiger partial charge in [0.1, 0.15) is 5.70 Å². The van der Waals surface area contributed by atoms with Gasteiger partial charge in [0.25, 0.3) is 5.91 Å². The molecule has 48 heavy (non-hydrogen) atoms. The maximum Gasteiger partial charge on any atom is 0.392 e. The number of rotatable bonds is 8. The number of amides is 1. The number of allylic oxidation sites excluding steroid dienone is 1. The minimum atomic E-state index is -4.37. The maximum atomic E-state index is 13.2. The van der Waals surface area contributed by atoms with Crippen LogP contribution in [0.2, 0.25) is 0 Å². The molecule has 276 valence electrons. The molecule has 1 aliphatic carbocycles. The predicted molar refractivity (Wildman–Crippen MR) is 194 cm³/mol. The first-order valence-electron chi connectivity index (χ1n) is 18.0. The van der Waals surface area contributed by atoms with Gasteiger partial charge in [0.2, 0.25) is 0 Å². The molecule has 1 aliphatic heterocycles. The van der Waals surface area contributed by atoms with Crippen molar-refractivity contribution >= 4 is 17.4 Å². The van der Waals surface area contributed by atoms with Crippen LogP contribution in [0.15, 0.2) is 34.5 Å². The van der Waals surface area contributed by atoms with Crippen molar-refractivity contribution in [3.8, 4) is 0 Å². The standard InChI is InChI=1S/C18H26F3N3O3.C9H12.C8H18.C4H10/c1-10(25)7-23-15-5-4-13(18(19,20)21)6-14(15)16(22)17(26)24-8-11(2)27-12(3)9-24;1-7-5-4-6-8(2)9(7)3;1-4-6-7-8(3)5-2;1-3-4-2/h11-13H,4-9,22H2,1-3H3;4-6H,1-3H3;8H,4-7H2,1-3H3;3-4H2,1-2H3/b16-14-,23-15?;;;/t11-,12+,13?;;;. The highest BCUT2D eigenvalue weighted by Crippen LogP contribution is 2.39. The lowest BCUT2D eigenvalue weighted by Crippen LogP contribution is -2.50. The van der Waals surface area contributed by atoms with Crippen molar-refractivity contribution in [3.05, 3.63) is 46.2 Å². The van der Waals surface area contributed by atoms with Gasteiger partial charge < -0.3 is 15.4 Å². The Kier molecular flexibility index (Phi) is 22.3. The second-order valence-corrected chi connectivity index (χ2v) is 13.5. The second kappa shape index (κ2) is 23.6. The summed E-state index contributed by atoms with van der Waals surface area (Å²) < 4.78 is 45.2. The number of halogens is 3. The Hall–Kier alpha value is -2.68. The van der Waals surface area contributed by atoms with Gasteiger partial charge in [-0.2, -0.15) is 13.2 Å². The van der Waals surface area contributed by atoms with Crippen LogP contribution in [0, 0.1) is 32.6 Å². The fourth-order valence-electron chi connectivity index (χ4n) is 5.15. The fourth-order valence-corrected chi connectivity index (χ4v) is 5.15. The molecule has 1 saturated heterocycles. The molecule has 1 aromatic rings. The summed E-state index contributed by atoms with van der Waals surface area (Å²) in [6.45, 7) is 23.1. The number of hydrogen-bond acceptors (Lipinski definition) is 5. The van der Waals surface area contributed by atoms with Crippen LogP contribution in [-0.4, -0.2) is 60.3 Å². The number of Topliss-reactive ketones (excluding diaryl/α,β-unsaturated/α-hetero) is 1. The summed E-state index contributed by atoms with van der Waals surface area (Å²) in [4.78, 5) is 29.7. The maximum absolute atomic E-state index is 13.2. The highest BCUT2D eigenvalue weighted by molar-refractivity contribution is 6.08. The Morgan fingerprint density at radius 3 is 1.96 bits per heavy atom. The summed E-state index contributed by atoms with van der Waals surface area (Å²) in [6.07, 6.45) is 2.95. The van der Waals surface area contributed by atoms with Gasteiger partial charge in [-0.25, -0.2) is 0 Å². The number of ketones is 1. The van der Waals surface area contributed by atoms with Crippen LogP contribution in [-0.2, 0) is 14.3 Å². The molecular weight excluding hydrogens is 615 g/mol. The number of benzene rings is 1. The molecule has 4 atom stereocenters. The third-order valence-corrected chi connectivity index (χ3v) is 8.87. The summed E-state index contributed by atoms with van der Waals surface area (Å²) in [7, 11) is 0. The number of carbonyl (C=O) groups is 2. The quantitative estimate of drug-likeness (QED) is 0.277. The minimum Gasteiger partial charge on any atom is -0.394 e. The summed E-state index contributed by atoms with van der Waals surface area (Å²) in [6, 6.07) is 6.38. The van der Waals surface area contributed by atoms with Crippen LogP contribution >= 0.6 is 0 Å². The van der Waals surface area contributed by atoms with Gasteiger partial charge in [0.15, 0.2) is 5.78 Å². The number of ether oxygens (including phenoxy) is 1. The smallest absolute Gasteiger partial charge is 0.392 e. The third kappa shape index (κ3) is 17.6. The summed E-state index contributed by atoms with van der Waals surface area (Å²) in [5, 5.41) is 0. The van der Waals surface area contributed by atoms with Gasteiger partial charge in [-0.1, -0.05) is 91.3 Å². The van der Waals surface area contributed by atoms with Crippen LogP contribution in [0.4, 0.5) is 13.2 Å². The number of morpholine rings is 1. The largest absolute Gasteiger partial charge is 0.394 e. The second-order valence-electron chi connectivity index (χ2n) is 13.5. The molecule has 9 heteroatoms. The molecule has 1 saturated carbocycles. The Balaban J connectivity index is 0.000000849. The number of alkyl halides is 3. The summed E-state index contributed by atoms with van der Waals surface area (Å²) >= 11 is 0. The number of hydrogen-bond donors (Lipinski definition) is 1. The Labute approximate surface area is 290 Å². The average molecular weight is 682 g/mol. The van der Waals surface area contributed by atoms with E-state index in [-0.39, 0.29) is 48.6 Å². The molecule has 2 aliphatic rings. The number of carbonyl (C=O) groups excluding carboxylic acids is 2. The predicted octanol–water partition coefficient (Wildman–Crippen LogP) is 9.87. The average Bonchev–Trinajstić information content (AvgIpc) is 3.04. The van der Waals surface area contributed by atoms with Gasteiger partial charge in [-0.15, -0.1) is 0 Å². The Morgan fingerprint density at radius 1 is 1.00 bits per heavy atom. The first kappa shape index (κ1) is 45.3. The van der Waals surface area contributed by atoms with Crippen molar-refractivity contribution in [2.75, 3.05) is 19.6 Å². The zero-order valence-electron chi connectivity index (χ0n) is 31.9. The molecule has 2 N–H and O–H groups in total. The third-order valence-electron chi connectivity index (χ3n) is 8.87. The van der Waals surface area contributed by atoms with Crippen molar-refractivity contribution in [3.63, 3.8) is 0 Å². The number of unbranched alkanes of at least 4 members (excludes halogenated alkanes) is 2. The van der Waals surface area contributed by atoms with Crippen LogP contribution in [0.3, 0.4) is 0 Å². The molecule has 0 radical (unpaired) electrons. The first-order valence-corrected chi connectivity index (χ1v) is 18.0. The van der Waals surface area contributed by atoms with Crippen molar-refractivity contribution in [1.82, 2.24) is 4.90 Å². The minimum absolute atomic E-state index is 0.0384. The number of aliphatic imine (C=N–C) groups is 1. The monoisotopic (exact) mass is 682 g/mol. The lowest BCUT2D eigenvalue weighted by atomic mass is 9.82. The number of nitrogens with zero attached hydrogens (tertiary/aromatic N) is 2. The van der Waals surface area contributed by atoms with E-state index in [1.165, 1.54) is 67.0 Å². The zero-order chi connectivity index (χ0) is 37.0. The van der Waals surface area contributed by atoms with Gasteiger partial charge in [-0.3, -0.25) is 14.6 Å². The first-order chi connectivity index (χ1) is 22.4. The molecule has 6 nitrogen and oxygen atoms in total. The lowest BCUT2D eigenvalue weighted by Gasteiger charge is -2.36. The summed E-state index contributed by atoms with van der Waals surface area (Å²) in [5.74, 6) is -1.33. The van der Waals surface area contributed by atoms with E-state index in [4.69, 9.17) is 10.5 Å². The van der Waals surface area contributed by atoms with E-state index in [2.05, 4.69) is 78.6 Å². The summed E-state index contributed by atoms with van der Waals surface area (Å²) in [5.41, 5.74) is 10.4. The molecule has 0 bridgehead atoms. The van der Waals surface area contributed by atoms with E-state index < -0.39 is 24.4 Å². The molecule has 3 rings (SSSR count). The lowest BCUT2D eigenvalue weighted by molar-refractivity contribution is -0.176. The molecular formula is C39H66F3N3O3. The molecule has 0 aromatic heterocycles. The van der Waals surface area contributed by atoms with E-state index >= 15 is 0 Å². The number of aryl methyl sites for hydroxylation is 2. The van der Waals surface area contributed by atoms with E-state index in [1.807, 2.05) is 13.8 Å². The van der Waals surface area contributed by atoms with Gasteiger partial charge >= 0.3 is 6.18 Å². The van der Waals surface area contributed by atoms with Gasteiger partial charge in [-0.05, 0) is 83.4 Å². The SMILES string of the molecule is CC(=O)CN=C1CCC(C(F)(F)F)C/C1=C(/N)C(=O)N1C[C@@H](C)O[C@@H](C)C1.CCCC.CCCCC(C)CC.Cc1cccc(C)c1C. The van der Waals surface area contributed by atoms with E-state index in [0.717, 1.165) is 5.92 Å². The van der Waals surface area contributed by atoms with Crippen LogP contribution in [0.25, 0.3) is 0 Å². The van der Waals surface area contributed by atoms with Crippen molar-refractivity contribution in [1.29, 1.82) is 0 Å². The van der Waals surface area contributed by atoms with Gasteiger partial charge in [0.05, 0.1) is 24.7 Å². The Bertz CT molecular complexity index is 1130. The Morgan fingerprint density at radius 2 is 1.54 bits per heavy atom. The van der Waals surface area contributed by atoms with Crippen molar-refractivity contribution in [2.45, 2.75) is 152 Å². The van der Waals surface area contributed by atoms with Gasteiger partial charge in [0, 0.05) is 24.4 Å². The fraction of sp³-hybridized carbons (Fsp3) is 0.718. The van der Waals surface area contributed by atoms with Crippen molar-refractivity contribution in [2.24, 2.45) is 22.6 Å². The highest BCUT2D eigenvalue weighted by atomic mass is 19.4. The zero-order valence-corrected chi connectivity index (χ0v) is 31.9. The molecule has 0 spiro atoms. The van der Waals surface area contributed by atoms with Crippen LogP contribution in [0.5, 0.6) is 0 Å². The van der Waals surface area contributed by atoms with E-state index in [9.17, 15) is 22.8 Å². The number of nitrogens with two attached hydrogens (primary N) is 1. The van der Waals surface area contributed by atoms with E-state index in [1.54, 1.807) is 0 Å². The van der Waals surface area contributed by atoms with E-state index in [0.29, 0.717) is 18.8 Å². The molecule has 1 amide bonds. The normalized spacial score (nSPS) is 21.8.